The molecule has 0 aromatic heterocycles. The van der Waals surface area contributed by atoms with E-state index in [2.05, 4.69) is 0 Å². The smallest absolute Gasteiger partial charge is 0 e. The van der Waals surface area contributed by atoms with E-state index in [9.17, 15) is 0 Å². The zero-order valence-electron chi connectivity index (χ0n) is 3.42. The first-order chi connectivity index (χ1) is 2.83. The standard InChI is InChI=1S/2HNO2.H2N.Ni/c2*2-1-3;;/h2*(H,2,3);1H2;/q;;-1;/p-2. The minimum atomic E-state index is 0. The molecule has 8 heteroatoms. The average molecular weight is 167 g/mol. The topological polar surface area (TPSA) is 138 Å². The molecule has 0 atom stereocenters. The molecule has 8 heavy (non-hydrogen) atoms. The molecule has 2 N–H and O–H groups in total. The van der Waals surface area contributed by atoms with Gasteiger partial charge in [-0.25, -0.2) is 0 Å². The molecular formula is H2N3NiO4-3. The molecule has 54 valence electrons. The van der Waals surface area contributed by atoms with E-state index in [-0.39, 0.29) is 22.6 Å². The summed E-state index contributed by atoms with van der Waals surface area (Å²) in [5, 5.41) is 18.0. The molecule has 0 heterocycles. The van der Waals surface area contributed by atoms with Gasteiger partial charge in [0.25, 0.3) is 0 Å². The van der Waals surface area contributed by atoms with Gasteiger partial charge < -0.3 is 26.4 Å². The molecular weight excluding hydrogens is 165 g/mol. The summed E-state index contributed by atoms with van der Waals surface area (Å²) in [5.41, 5.74) is 0. The van der Waals surface area contributed by atoms with Crippen LogP contribution < -0.4 is 0 Å². The van der Waals surface area contributed by atoms with E-state index in [0.29, 0.717) is 0 Å². The Hall–Kier alpha value is -0.746. The van der Waals surface area contributed by atoms with Gasteiger partial charge in [-0.05, 0) is 0 Å². The second kappa shape index (κ2) is 110. The summed E-state index contributed by atoms with van der Waals surface area (Å²) in [4.78, 5) is 16.0. The van der Waals surface area contributed by atoms with Crippen molar-refractivity contribution in [1.82, 2.24) is 0 Å². The summed E-state index contributed by atoms with van der Waals surface area (Å²) in [6, 6.07) is 0. The van der Waals surface area contributed by atoms with Crippen LogP contribution in [0, 0.1) is 20.2 Å². The van der Waals surface area contributed by atoms with Crippen LogP contribution in [0.15, 0.2) is 10.7 Å². The van der Waals surface area contributed by atoms with Crippen molar-refractivity contribution in [2.24, 2.45) is 10.7 Å². The van der Waals surface area contributed by atoms with Crippen LogP contribution in [0.25, 0.3) is 6.15 Å². The molecule has 0 aliphatic rings. The normalized spacial score (nSPS) is 3.00. The van der Waals surface area contributed by atoms with E-state index in [1.165, 1.54) is 0 Å². The van der Waals surface area contributed by atoms with Crippen LogP contribution in [0.5, 0.6) is 0 Å². The first-order valence-corrected chi connectivity index (χ1v) is 0.730. The molecule has 0 fully saturated rings. The summed E-state index contributed by atoms with van der Waals surface area (Å²) in [7, 11) is 0. The Morgan fingerprint density at radius 1 is 1.00 bits per heavy atom. The van der Waals surface area contributed by atoms with Crippen molar-refractivity contribution in [2.75, 3.05) is 0 Å². The predicted molar refractivity (Wildman–Crippen MR) is 23.6 cm³/mol. The molecule has 0 amide bonds. The SMILES string of the molecule is O=N[O-].O=N[O-].[NH2-].[Ni]. The van der Waals surface area contributed by atoms with Gasteiger partial charge in [0.2, 0.25) is 0 Å². The Kier molecular flexibility index (Phi) is 368. The van der Waals surface area contributed by atoms with Gasteiger partial charge in [-0.15, -0.1) is 10.7 Å². The van der Waals surface area contributed by atoms with Crippen LogP contribution in [0.3, 0.4) is 0 Å². The third-order valence-corrected chi connectivity index (χ3v) is 0. The van der Waals surface area contributed by atoms with Gasteiger partial charge in [-0.3, -0.25) is 0 Å². The summed E-state index contributed by atoms with van der Waals surface area (Å²) < 4.78 is 0. The third-order valence-electron chi connectivity index (χ3n) is 0. The molecule has 0 bridgehead atoms. The van der Waals surface area contributed by atoms with Gasteiger partial charge in [-0.2, -0.15) is 0 Å². The molecule has 7 nitrogen and oxygen atoms in total. The monoisotopic (exact) mass is 166 g/mol. The molecule has 0 spiro atoms. The van der Waals surface area contributed by atoms with Crippen molar-refractivity contribution in [1.29, 1.82) is 0 Å². The van der Waals surface area contributed by atoms with Crippen LogP contribution in [0.4, 0.5) is 0 Å². The van der Waals surface area contributed by atoms with E-state index in [1.54, 1.807) is 0 Å². The third kappa shape index (κ3) is 171. The maximum absolute atomic E-state index is 8.00. The number of nitrogens with zero attached hydrogens (tertiary/aromatic N) is 2. The maximum atomic E-state index is 8.00. The van der Waals surface area contributed by atoms with Crippen LogP contribution in [-0.4, -0.2) is 0 Å². The molecule has 0 saturated carbocycles. The molecule has 0 radical (unpaired) electrons. The van der Waals surface area contributed by atoms with Gasteiger partial charge in [0, 0.05) is 16.5 Å². The van der Waals surface area contributed by atoms with Crippen LogP contribution >= 0.6 is 0 Å². The zero-order valence-corrected chi connectivity index (χ0v) is 4.41. The van der Waals surface area contributed by atoms with Gasteiger partial charge in [-0.1, -0.05) is 0 Å². The van der Waals surface area contributed by atoms with Crippen LogP contribution in [0.1, 0.15) is 0 Å². The Labute approximate surface area is 54.4 Å². The van der Waals surface area contributed by atoms with E-state index in [0.717, 1.165) is 10.7 Å². The summed E-state index contributed by atoms with van der Waals surface area (Å²) in [5.74, 6) is 0. The molecule has 0 aromatic carbocycles. The fraction of sp³-hybridized carbons (Fsp3) is 0. The second-order valence-corrected chi connectivity index (χ2v) is 0.149. The number of hydrogen-bond acceptors (Lipinski definition) is 6. The quantitative estimate of drug-likeness (QED) is 0.303. The number of hydrogen-bond donors (Lipinski definition) is 0. The number of nitrogens with two attached hydrogens (primary N) is 1. The van der Waals surface area contributed by atoms with E-state index >= 15 is 0 Å². The zero-order chi connectivity index (χ0) is 5.41. The van der Waals surface area contributed by atoms with Crippen molar-refractivity contribution in [3.05, 3.63) is 26.4 Å². The van der Waals surface area contributed by atoms with Crippen molar-refractivity contribution < 1.29 is 16.5 Å². The van der Waals surface area contributed by atoms with E-state index in [4.69, 9.17) is 20.2 Å². The van der Waals surface area contributed by atoms with Crippen LogP contribution in [0.2, 0.25) is 0 Å². The minimum Gasteiger partial charge on any atom is -0.693 e. The van der Waals surface area contributed by atoms with E-state index in [1.807, 2.05) is 0 Å². The van der Waals surface area contributed by atoms with Crippen molar-refractivity contribution in [3.8, 4) is 0 Å². The molecule has 0 rings (SSSR count). The minimum absolute atomic E-state index is 0. The van der Waals surface area contributed by atoms with E-state index < -0.39 is 0 Å². The molecule has 0 unspecified atom stereocenters. The summed E-state index contributed by atoms with van der Waals surface area (Å²) in [6.45, 7) is 0. The predicted octanol–water partition coefficient (Wildman–Crippen LogP) is 1.22. The number of rotatable bonds is 0. The first kappa shape index (κ1) is 26.8. The van der Waals surface area contributed by atoms with Gasteiger partial charge in [0.15, 0.2) is 0 Å². The Bertz CT molecular complexity index is 32.3. The van der Waals surface area contributed by atoms with Gasteiger partial charge >= 0.3 is 0 Å². The summed E-state index contributed by atoms with van der Waals surface area (Å²) >= 11 is 0. The van der Waals surface area contributed by atoms with Gasteiger partial charge in [0.05, 0.1) is 0 Å². The second-order valence-electron chi connectivity index (χ2n) is 0.149. The van der Waals surface area contributed by atoms with Crippen molar-refractivity contribution in [3.63, 3.8) is 0 Å². The molecule has 0 aliphatic carbocycles. The summed E-state index contributed by atoms with van der Waals surface area (Å²) in [6.07, 6.45) is 0. The fourth-order valence-electron chi connectivity index (χ4n) is 0. The Morgan fingerprint density at radius 3 is 1.00 bits per heavy atom. The Morgan fingerprint density at radius 2 is 1.00 bits per heavy atom. The Balaban J connectivity index is -0.0000000160. The molecule has 0 aromatic rings. The molecule has 0 saturated heterocycles. The van der Waals surface area contributed by atoms with Crippen molar-refractivity contribution >= 4 is 0 Å². The van der Waals surface area contributed by atoms with Gasteiger partial charge in [0.1, 0.15) is 0 Å². The maximum Gasteiger partial charge on any atom is 0 e. The fourth-order valence-corrected chi connectivity index (χ4v) is 0. The first-order valence-electron chi connectivity index (χ1n) is 0.730. The largest absolute Gasteiger partial charge is 0.693 e. The average Bonchev–Trinajstić information content (AvgIpc) is 1.39. The van der Waals surface area contributed by atoms with Crippen LogP contribution in [-0.2, 0) is 16.5 Å². The van der Waals surface area contributed by atoms with Crippen molar-refractivity contribution in [2.45, 2.75) is 0 Å². The molecule has 0 aliphatic heterocycles.